The summed E-state index contributed by atoms with van der Waals surface area (Å²) < 4.78 is 0. The molecule has 0 amide bonds. The smallest absolute Gasteiger partial charge is 0.173 e. The highest BCUT2D eigenvalue weighted by Gasteiger charge is 2.18. The number of aliphatic hydroxyl groups is 1. The molecule has 128 valence electrons. The van der Waals surface area contributed by atoms with Crippen molar-refractivity contribution < 1.29 is 10.3 Å². The molecule has 0 aliphatic carbocycles. The Hall–Kier alpha value is -3.12. The summed E-state index contributed by atoms with van der Waals surface area (Å²) >= 11 is 0. The lowest BCUT2D eigenvalue weighted by Gasteiger charge is -2.27. The number of anilines is 1. The van der Waals surface area contributed by atoms with E-state index in [9.17, 15) is 5.11 Å². The molecule has 0 bridgehead atoms. The number of fused-ring (bicyclic) bond motifs is 1. The molecule has 2 aromatic carbocycles. The predicted molar refractivity (Wildman–Crippen MR) is 98.8 cm³/mol. The molecule has 1 heterocycles. The van der Waals surface area contributed by atoms with Crippen LogP contribution in [0.25, 0.3) is 10.9 Å². The predicted octanol–water partition coefficient (Wildman–Crippen LogP) is 2.33. The van der Waals surface area contributed by atoms with Crippen LogP contribution in [-0.4, -0.2) is 34.3 Å². The van der Waals surface area contributed by atoms with Gasteiger partial charge in [-0.3, -0.25) is 4.98 Å². The lowest BCUT2D eigenvalue weighted by molar-refractivity contribution is 0.301. The van der Waals surface area contributed by atoms with Gasteiger partial charge in [-0.1, -0.05) is 53.7 Å². The third-order valence-electron chi connectivity index (χ3n) is 4.03. The van der Waals surface area contributed by atoms with Gasteiger partial charge in [-0.15, -0.1) is 0 Å². The largest absolute Gasteiger partial charge is 0.409 e. The second-order valence-electron chi connectivity index (χ2n) is 5.65. The van der Waals surface area contributed by atoms with Gasteiger partial charge in [0, 0.05) is 24.7 Å². The molecule has 3 aromatic rings. The van der Waals surface area contributed by atoms with Crippen molar-refractivity contribution in [3.05, 3.63) is 71.9 Å². The number of benzene rings is 2. The number of hydrogen-bond donors (Lipinski definition) is 3. The molecule has 0 atom stereocenters. The van der Waals surface area contributed by atoms with Crippen molar-refractivity contribution in [1.82, 2.24) is 4.98 Å². The first-order valence-corrected chi connectivity index (χ1v) is 8.00. The van der Waals surface area contributed by atoms with E-state index in [2.05, 4.69) is 10.1 Å². The van der Waals surface area contributed by atoms with Gasteiger partial charge in [0.15, 0.2) is 5.84 Å². The van der Waals surface area contributed by atoms with Gasteiger partial charge >= 0.3 is 0 Å². The van der Waals surface area contributed by atoms with Crippen LogP contribution in [-0.2, 0) is 6.54 Å². The number of pyridine rings is 1. The Balaban J connectivity index is 2.17. The number of nitrogens with two attached hydrogens (primary N) is 1. The number of amidine groups is 1. The van der Waals surface area contributed by atoms with Crippen molar-refractivity contribution in [2.24, 2.45) is 10.9 Å². The van der Waals surface area contributed by atoms with Gasteiger partial charge in [-0.05, 0) is 11.6 Å². The Kier molecular flexibility index (Phi) is 5.11. The van der Waals surface area contributed by atoms with Crippen LogP contribution in [0.1, 0.15) is 11.1 Å². The third-order valence-corrected chi connectivity index (χ3v) is 4.03. The summed E-state index contributed by atoms with van der Waals surface area (Å²) in [5, 5.41) is 22.7. The number of rotatable bonds is 6. The van der Waals surface area contributed by atoms with Crippen molar-refractivity contribution in [3.8, 4) is 0 Å². The number of nitrogens with zero attached hydrogens (tertiary/aromatic N) is 3. The van der Waals surface area contributed by atoms with Crippen molar-refractivity contribution >= 4 is 22.4 Å². The Morgan fingerprint density at radius 3 is 2.52 bits per heavy atom. The zero-order valence-corrected chi connectivity index (χ0v) is 13.7. The Bertz CT molecular complexity index is 881. The van der Waals surface area contributed by atoms with Gasteiger partial charge in [0.25, 0.3) is 0 Å². The van der Waals surface area contributed by atoms with E-state index in [-0.39, 0.29) is 12.4 Å². The first kappa shape index (κ1) is 16.7. The van der Waals surface area contributed by atoms with E-state index >= 15 is 0 Å². The summed E-state index contributed by atoms with van der Waals surface area (Å²) in [7, 11) is 0. The molecule has 25 heavy (non-hydrogen) atoms. The maximum atomic E-state index is 9.57. The van der Waals surface area contributed by atoms with E-state index in [4.69, 9.17) is 10.9 Å². The first-order valence-electron chi connectivity index (χ1n) is 8.00. The topological polar surface area (TPSA) is 95.0 Å². The number of para-hydroxylation sites is 1. The molecule has 1 aromatic heterocycles. The summed E-state index contributed by atoms with van der Waals surface area (Å²) in [6.07, 6.45) is 1.60. The lowest BCUT2D eigenvalue weighted by atomic mass is 10.1. The summed E-state index contributed by atoms with van der Waals surface area (Å²) in [6, 6.07) is 17.6. The zero-order valence-electron chi connectivity index (χ0n) is 13.7. The summed E-state index contributed by atoms with van der Waals surface area (Å²) in [5.41, 5.74) is 9.12. The van der Waals surface area contributed by atoms with Gasteiger partial charge < -0.3 is 20.9 Å². The van der Waals surface area contributed by atoms with E-state index in [1.54, 1.807) is 6.20 Å². The molecule has 0 radical (unpaired) electrons. The second-order valence-corrected chi connectivity index (χ2v) is 5.65. The van der Waals surface area contributed by atoms with Crippen molar-refractivity contribution in [2.45, 2.75) is 6.54 Å². The van der Waals surface area contributed by atoms with E-state index in [0.29, 0.717) is 18.7 Å². The molecular weight excluding hydrogens is 316 g/mol. The minimum atomic E-state index is -0.0148. The molecule has 0 unspecified atom stereocenters. The maximum absolute atomic E-state index is 9.57. The van der Waals surface area contributed by atoms with Crippen LogP contribution < -0.4 is 10.6 Å². The van der Waals surface area contributed by atoms with Crippen LogP contribution >= 0.6 is 0 Å². The molecular formula is C19H20N4O2. The molecule has 3 rings (SSSR count). The van der Waals surface area contributed by atoms with Crippen LogP contribution in [0.5, 0.6) is 0 Å². The second kappa shape index (κ2) is 7.63. The Labute approximate surface area is 145 Å². The van der Waals surface area contributed by atoms with E-state index in [0.717, 1.165) is 22.2 Å². The quantitative estimate of drug-likeness (QED) is 0.278. The fourth-order valence-corrected chi connectivity index (χ4v) is 2.90. The van der Waals surface area contributed by atoms with Crippen molar-refractivity contribution in [3.63, 3.8) is 0 Å². The molecule has 0 aliphatic rings. The third kappa shape index (κ3) is 3.54. The maximum Gasteiger partial charge on any atom is 0.173 e. The molecule has 0 fully saturated rings. The van der Waals surface area contributed by atoms with Crippen LogP contribution in [0.2, 0.25) is 0 Å². The molecule has 6 heteroatoms. The fraction of sp³-hybridized carbons (Fsp3) is 0.158. The summed E-state index contributed by atoms with van der Waals surface area (Å²) in [6.45, 7) is 0.981. The normalized spacial score (nSPS) is 11.6. The van der Waals surface area contributed by atoms with Gasteiger partial charge in [-0.2, -0.15) is 0 Å². The fourth-order valence-electron chi connectivity index (χ4n) is 2.90. The highest BCUT2D eigenvalue weighted by molar-refractivity contribution is 6.08. The zero-order chi connectivity index (χ0) is 17.6. The average molecular weight is 336 g/mol. The average Bonchev–Trinajstić information content (AvgIpc) is 2.67. The van der Waals surface area contributed by atoms with E-state index in [1.807, 2.05) is 59.5 Å². The Morgan fingerprint density at radius 1 is 1.08 bits per heavy atom. The van der Waals surface area contributed by atoms with Gasteiger partial charge in [0.05, 0.1) is 23.4 Å². The highest BCUT2D eigenvalue weighted by atomic mass is 16.4. The molecule has 0 aliphatic heterocycles. The van der Waals surface area contributed by atoms with Crippen LogP contribution in [0.4, 0.5) is 5.69 Å². The lowest BCUT2D eigenvalue weighted by Crippen LogP contribution is -2.29. The number of hydrogen-bond acceptors (Lipinski definition) is 5. The summed E-state index contributed by atoms with van der Waals surface area (Å²) in [4.78, 5) is 6.42. The van der Waals surface area contributed by atoms with Crippen LogP contribution in [0, 0.1) is 0 Å². The standard InChI is InChI=1S/C19H20N4O2/c20-19(22-25)16-12-21-17-9-5-4-8-15(17)18(16)23(10-11-24)13-14-6-2-1-3-7-14/h1-9,12,24-25H,10-11,13H2,(H2,20,22). The highest BCUT2D eigenvalue weighted by Crippen LogP contribution is 2.30. The first-order chi connectivity index (χ1) is 12.2. The van der Waals surface area contributed by atoms with Gasteiger partial charge in [-0.25, -0.2) is 0 Å². The summed E-state index contributed by atoms with van der Waals surface area (Å²) in [5.74, 6) is -0.00995. The number of aromatic nitrogens is 1. The van der Waals surface area contributed by atoms with Crippen molar-refractivity contribution in [1.29, 1.82) is 0 Å². The Morgan fingerprint density at radius 2 is 1.80 bits per heavy atom. The molecule has 0 saturated carbocycles. The number of aliphatic hydroxyl groups excluding tert-OH is 1. The van der Waals surface area contributed by atoms with Gasteiger partial charge in [0.2, 0.25) is 0 Å². The minimum Gasteiger partial charge on any atom is -0.409 e. The SMILES string of the molecule is N/C(=N/O)c1cnc2ccccc2c1N(CCO)Cc1ccccc1. The van der Waals surface area contributed by atoms with E-state index in [1.165, 1.54) is 0 Å². The van der Waals surface area contributed by atoms with Crippen LogP contribution in [0.3, 0.4) is 0 Å². The van der Waals surface area contributed by atoms with E-state index < -0.39 is 0 Å². The van der Waals surface area contributed by atoms with Gasteiger partial charge in [0.1, 0.15) is 0 Å². The number of oxime groups is 1. The molecule has 4 N–H and O–H groups in total. The van der Waals surface area contributed by atoms with Crippen molar-refractivity contribution in [2.75, 3.05) is 18.1 Å². The monoisotopic (exact) mass is 336 g/mol. The molecule has 0 saturated heterocycles. The minimum absolute atomic E-state index is 0.00995. The molecule has 6 nitrogen and oxygen atoms in total. The van der Waals surface area contributed by atoms with Crippen LogP contribution in [0.15, 0.2) is 65.9 Å². The molecule has 0 spiro atoms.